The van der Waals surface area contributed by atoms with E-state index in [0.29, 0.717) is 16.6 Å². The molecule has 0 radical (unpaired) electrons. The third kappa shape index (κ3) is 2.42. The van der Waals surface area contributed by atoms with Crippen molar-refractivity contribution in [3.05, 3.63) is 50.5 Å². The van der Waals surface area contributed by atoms with Crippen molar-refractivity contribution in [2.45, 2.75) is 6.43 Å². The number of benzene rings is 1. The molecule has 0 amide bonds. The summed E-state index contributed by atoms with van der Waals surface area (Å²) >= 11 is 4.69. The minimum absolute atomic E-state index is 0.306. The second-order valence-corrected chi connectivity index (χ2v) is 4.85. The van der Waals surface area contributed by atoms with E-state index in [9.17, 15) is 26.7 Å². The van der Waals surface area contributed by atoms with E-state index in [1.165, 1.54) is 0 Å². The van der Waals surface area contributed by atoms with Gasteiger partial charge in [-0.15, -0.1) is 0 Å². The molecule has 3 aromatic rings. The number of H-pyrrole nitrogens is 2. The van der Waals surface area contributed by atoms with Crippen molar-refractivity contribution >= 4 is 17.9 Å². The summed E-state index contributed by atoms with van der Waals surface area (Å²) in [5.74, 6) is -4.87. The summed E-state index contributed by atoms with van der Waals surface area (Å²) < 4.78 is 66.5. The predicted octanol–water partition coefficient (Wildman–Crippen LogP) is 3.10. The highest BCUT2D eigenvalue weighted by molar-refractivity contribution is 7.71. The fourth-order valence-corrected chi connectivity index (χ4v) is 2.30. The maximum absolute atomic E-state index is 13.4. The zero-order chi connectivity index (χ0) is 16.9. The number of aromatic nitrogens is 4. The molecule has 0 bridgehead atoms. The molecule has 0 fully saturated rings. The van der Waals surface area contributed by atoms with Crippen molar-refractivity contribution in [2.24, 2.45) is 0 Å². The first-order chi connectivity index (χ1) is 10.8. The summed E-state index contributed by atoms with van der Waals surface area (Å²) in [5.41, 5.74) is -2.93. The molecule has 0 aliphatic rings. The Morgan fingerprint density at radius 3 is 2.35 bits per heavy atom. The molecule has 23 heavy (non-hydrogen) atoms. The first kappa shape index (κ1) is 15.3. The second kappa shape index (κ2) is 5.26. The smallest absolute Gasteiger partial charge is 0.286 e. The normalized spacial score (nSPS) is 11.6. The van der Waals surface area contributed by atoms with Gasteiger partial charge in [0.05, 0.1) is 5.56 Å². The predicted molar refractivity (Wildman–Crippen MR) is 71.3 cm³/mol. The molecule has 0 aliphatic heterocycles. The summed E-state index contributed by atoms with van der Waals surface area (Å²) in [7, 11) is 0. The number of hydrogen-bond acceptors (Lipinski definition) is 3. The number of halogens is 5. The number of rotatable bonds is 2. The zero-order valence-electron chi connectivity index (χ0n) is 10.8. The second-order valence-electron chi connectivity index (χ2n) is 4.46. The largest absolute Gasteiger partial charge is 0.348 e. The lowest BCUT2D eigenvalue weighted by atomic mass is 10.1. The molecule has 2 N–H and O–H groups in total. The van der Waals surface area contributed by atoms with Gasteiger partial charge in [-0.2, -0.15) is 9.50 Å². The van der Waals surface area contributed by atoms with E-state index in [1.54, 1.807) is 0 Å². The van der Waals surface area contributed by atoms with E-state index in [2.05, 4.69) is 15.1 Å². The number of aromatic amines is 2. The van der Waals surface area contributed by atoms with Crippen LogP contribution in [0.25, 0.3) is 16.8 Å². The van der Waals surface area contributed by atoms with Gasteiger partial charge in [0.1, 0.15) is 5.69 Å². The molecule has 3 rings (SSSR count). The zero-order valence-corrected chi connectivity index (χ0v) is 11.6. The first-order valence-electron chi connectivity index (χ1n) is 5.97. The van der Waals surface area contributed by atoms with Crippen molar-refractivity contribution in [3.63, 3.8) is 0 Å². The van der Waals surface area contributed by atoms with Crippen LogP contribution in [0.2, 0.25) is 0 Å². The lowest BCUT2D eigenvalue weighted by Crippen LogP contribution is -2.18. The van der Waals surface area contributed by atoms with Crippen LogP contribution in [-0.4, -0.2) is 19.6 Å². The number of nitrogens with one attached hydrogen (secondary N) is 2. The molecule has 0 unspecified atom stereocenters. The average molecular weight is 348 g/mol. The van der Waals surface area contributed by atoms with Crippen LogP contribution >= 0.6 is 12.2 Å². The maximum atomic E-state index is 13.4. The number of fused-ring (bicyclic) bond motifs is 1. The van der Waals surface area contributed by atoms with E-state index in [-0.39, 0.29) is 10.4 Å². The van der Waals surface area contributed by atoms with Crippen LogP contribution in [0.1, 0.15) is 12.1 Å². The van der Waals surface area contributed by atoms with Crippen LogP contribution in [0.5, 0.6) is 0 Å². The van der Waals surface area contributed by atoms with E-state index >= 15 is 0 Å². The van der Waals surface area contributed by atoms with Gasteiger partial charge in [-0.3, -0.25) is 10.1 Å². The van der Waals surface area contributed by atoms with Gasteiger partial charge in [0.15, 0.2) is 23.1 Å². The van der Waals surface area contributed by atoms with Crippen LogP contribution in [0.4, 0.5) is 22.0 Å². The molecule has 0 saturated carbocycles. The Morgan fingerprint density at radius 2 is 1.78 bits per heavy atom. The van der Waals surface area contributed by atoms with Crippen LogP contribution in [0.3, 0.4) is 0 Å². The fraction of sp³-hybridized carbons (Fsp3) is 0.0833. The molecule has 0 aliphatic carbocycles. The number of alkyl halides is 2. The first-order valence-corrected chi connectivity index (χ1v) is 6.38. The van der Waals surface area contributed by atoms with Crippen molar-refractivity contribution in [2.75, 3.05) is 0 Å². The molecule has 11 heteroatoms. The lowest BCUT2D eigenvalue weighted by molar-refractivity contribution is 0.146. The SMILES string of the molecule is O=c1[nH]c(=S)nc2c(-c3cc(F)c(F)c(F)c3)c(C(F)F)[nH]n12. The molecule has 2 heterocycles. The highest BCUT2D eigenvalue weighted by Crippen LogP contribution is 2.34. The average Bonchev–Trinajstić information content (AvgIpc) is 2.84. The van der Waals surface area contributed by atoms with Crippen LogP contribution in [-0.2, 0) is 0 Å². The van der Waals surface area contributed by atoms with E-state index in [0.717, 1.165) is 0 Å². The molecule has 0 atom stereocenters. The Balaban J connectivity index is 2.47. The van der Waals surface area contributed by atoms with Crippen molar-refractivity contribution in [1.82, 2.24) is 19.6 Å². The Morgan fingerprint density at radius 1 is 1.17 bits per heavy atom. The highest BCUT2D eigenvalue weighted by Gasteiger charge is 2.24. The molecule has 5 nitrogen and oxygen atoms in total. The Labute approximate surface area is 128 Å². The fourth-order valence-electron chi connectivity index (χ4n) is 2.13. The van der Waals surface area contributed by atoms with Gasteiger partial charge in [-0.25, -0.2) is 26.7 Å². The number of hydrogen-bond donors (Lipinski definition) is 2. The van der Waals surface area contributed by atoms with Gasteiger partial charge >= 0.3 is 5.69 Å². The molecule has 1 aromatic carbocycles. The summed E-state index contributed by atoms with van der Waals surface area (Å²) in [6.45, 7) is 0. The summed E-state index contributed by atoms with van der Waals surface area (Å²) in [4.78, 5) is 17.5. The summed E-state index contributed by atoms with van der Waals surface area (Å²) in [6.07, 6.45) is -3.11. The van der Waals surface area contributed by atoms with E-state index in [1.807, 2.05) is 0 Å². The third-order valence-corrected chi connectivity index (χ3v) is 3.25. The molecular formula is C12H5F5N4OS. The minimum atomic E-state index is -3.11. The summed E-state index contributed by atoms with van der Waals surface area (Å²) in [6, 6.07) is 1.05. The van der Waals surface area contributed by atoms with E-state index in [4.69, 9.17) is 12.2 Å². The maximum Gasteiger partial charge on any atom is 0.348 e. The van der Waals surface area contributed by atoms with Crippen molar-refractivity contribution in [1.29, 1.82) is 0 Å². The standard InChI is InChI=1S/C12H5F5N4OS/c13-4-1-3(2-5(14)7(4)15)6-8(9(16)17)20-21-10(6)18-11(23)19-12(21)22/h1-2,9,20H,(H,19,22,23). The van der Waals surface area contributed by atoms with Crippen LogP contribution in [0.15, 0.2) is 16.9 Å². The molecule has 0 spiro atoms. The molecular weight excluding hydrogens is 343 g/mol. The van der Waals surface area contributed by atoms with Gasteiger partial charge in [-0.1, -0.05) is 0 Å². The Kier molecular flexibility index (Phi) is 3.51. The van der Waals surface area contributed by atoms with Crippen molar-refractivity contribution < 1.29 is 22.0 Å². The topological polar surface area (TPSA) is 66.0 Å². The molecule has 120 valence electrons. The van der Waals surface area contributed by atoms with Gasteiger partial charge in [0.2, 0.25) is 4.77 Å². The van der Waals surface area contributed by atoms with Crippen molar-refractivity contribution in [3.8, 4) is 11.1 Å². The Bertz CT molecular complexity index is 1020. The van der Waals surface area contributed by atoms with Gasteiger partial charge in [-0.05, 0) is 29.9 Å². The molecule has 0 saturated heterocycles. The Hall–Kier alpha value is -2.56. The van der Waals surface area contributed by atoms with Crippen LogP contribution < -0.4 is 5.69 Å². The van der Waals surface area contributed by atoms with E-state index < -0.39 is 46.4 Å². The highest BCUT2D eigenvalue weighted by atomic mass is 32.1. The summed E-state index contributed by atoms with van der Waals surface area (Å²) in [5, 5.41) is 2.09. The third-order valence-electron chi connectivity index (χ3n) is 3.05. The number of nitrogens with zero attached hydrogens (tertiary/aromatic N) is 2. The minimum Gasteiger partial charge on any atom is -0.286 e. The van der Waals surface area contributed by atoms with Gasteiger partial charge in [0, 0.05) is 0 Å². The quantitative estimate of drug-likeness (QED) is 0.425. The van der Waals surface area contributed by atoms with Crippen LogP contribution in [0, 0.1) is 22.2 Å². The lowest BCUT2D eigenvalue weighted by Gasteiger charge is -2.04. The molecule has 2 aromatic heterocycles. The van der Waals surface area contributed by atoms with Gasteiger partial charge < -0.3 is 0 Å². The van der Waals surface area contributed by atoms with Gasteiger partial charge in [0.25, 0.3) is 6.43 Å². The monoisotopic (exact) mass is 348 g/mol.